The van der Waals surface area contributed by atoms with Crippen LogP contribution in [0.25, 0.3) is 23.0 Å². The van der Waals surface area contributed by atoms with Crippen LogP contribution in [0.1, 0.15) is 41.9 Å². The standard InChI is InChI=1S/C26H28N6O4S/c1-14-11-31(12-15(2)36-14)26(35)21-6-19(13-37-21)20-8-22(27-9-16-3-4-16)32-24(29-20)18(10-28-32)5-17-7-23(33)30-25(17)34/h5-8,10,13-16,30,33-34H,3-4,9,11-12H2,1-2H3. The minimum Gasteiger partial charge on any atom is -0.494 e. The zero-order valence-corrected chi connectivity index (χ0v) is 21.4. The van der Waals surface area contributed by atoms with E-state index in [2.05, 4.69) is 10.1 Å². The van der Waals surface area contributed by atoms with Crippen LogP contribution in [0.5, 0.6) is 11.8 Å². The van der Waals surface area contributed by atoms with Gasteiger partial charge in [-0.05, 0) is 44.7 Å². The molecule has 6 rings (SSSR count). The zero-order valence-electron chi connectivity index (χ0n) is 20.6. The summed E-state index contributed by atoms with van der Waals surface area (Å²) < 4.78 is 7.47. The Morgan fingerprint density at radius 2 is 2.03 bits per heavy atom. The number of hydrogen-bond donors (Lipinski definition) is 3. The van der Waals surface area contributed by atoms with Crippen molar-refractivity contribution < 1.29 is 19.7 Å². The molecular formula is C26H28N6O4S. The van der Waals surface area contributed by atoms with Crippen molar-refractivity contribution in [3.05, 3.63) is 50.9 Å². The normalized spacial score (nSPS) is 21.3. The summed E-state index contributed by atoms with van der Waals surface area (Å²) in [5.74, 6) is 0.337. The van der Waals surface area contributed by atoms with Gasteiger partial charge in [0, 0.05) is 53.5 Å². The molecule has 0 bridgehead atoms. The summed E-state index contributed by atoms with van der Waals surface area (Å²) in [5, 5.41) is 26.9. The Hall–Kier alpha value is -3.70. The van der Waals surface area contributed by atoms with Gasteiger partial charge in [-0.15, -0.1) is 11.3 Å². The molecule has 0 spiro atoms. The van der Waals surface area contributed by atoms with Crippen LogP contribution < -0.4 is 10.7 Å². The third-order valence-electron chi connectivity index (χ3n) is 6.62. The third-order valence-corrected chi connectivity index (χ3v) is 7.54. The van der Waals surface area contributed by atoms with Crippen LogP contribution in [0.4, 0.5) is 0 Å². The number of amides is 1. The van der Waals surface area contributed by atoms with E-state index in [1.807, 2.05) is 36.3 Å². The van der Waals surface area contributed by atoms with Crippen molar-refractivity contribution in [2.24, 2.45) is 10.9 Å². The van der Waals surface area contributed by atoms with E-state index in [4.69, 9.17) is 14.7 Å². The van der Waals surface area contributed by atoms with Gasteiger partial charge in [-0.3, -0.25) is 14.8 Å². The summed E-state index contributed by atoms with van der Waals surface area (Å²) in [6.45, 7) is 5.83. The van der Waals surface area contributed by atoms with Crippen molar-refractivity contribution in [3.63, 3.8) is 0 Å². The Balaban J connectivity index is 1.41. The van der Waals surface area contributed by atoms with Crippen molar-refractivity contribution >= 4 is 29.0 Å². The highest BCUT2D eigenvalue weighted by Crippen LogP contribution is 2.29. The SMILES string of the molecule is CC1CN(C(=O)c2cc(-c3cc(=NCC4CC4)n4ncc(=Cc5cc(O)[nH]c5O)c4n3)cs2)CC(C)O1. The van der Waals surface area contributed by atoms with Gasteiger partial charge in [0.2, 0.25) is 0 Å². The predicted octanol–water partition coefficient (Wildman–Crippen LogP) is 2.30. The molecule has 4 aromatic rings. The first-order valence-corrected chi connectivity index (χ1v) is 13.3. The van der Waals surface area contributed by atoms with Crippen molar-refractivity contribution in [3.8, 4) is 23.0 Å². The lowest BCUT2D eigenvalue weighted by molar-refractivity contribution is -0.0585. The van der Waals surface area contributed by atoms with Crippen molar-refractivity contribution in [2.45, 2.75) is 38.9 Å². The highest BCUT2D eigenvalue weighted by molar-refractivity contribution is 7.12. The summed E-state index contributed by atoms with van der Waals surface area (Å²) in [6, 6.07) is 5.23. The van der Waals surface area contributed by atoms with Gasteiger partial charge in [0.25, 0.3) is 5.91 Å². The lowest BCUT2D eigenvalue weighted by Gasteiger charge is -2.35. The monoisotopic (exact) mass is 520 g/mol. The highest BCUT2D eigenvalue weighted by atomic mass is 32.1. The number of ether oxygens (including phenoxy) is 1. The second-order valence-electron chi connectivity index (χ2n) is 9.89. The maximum absolute atomic E-state index is 13.2. The molecule has 11 heteroatoms. The Morgan fingerprint density at radius 1 is 1.24 bits per heavy atom. The van der Waals surface area contributed by atoms with Gasteiger partial charge in [0.15, 0.2) is 22.9 Å². The van der Waals surface area contributed by atoms with Gasteiger partial charge < -0.3 is 19.8 Å². The maximum atomic E-state index is 13.2. The van der Waals surface area contributed by atoms with Crippen LogP contribution in [0.2, 0.25) is 0 Å². The van der Waals surface area contributed by atoms with E-state index in [1.165, 1.54) is 30.2 Å². The first kappa shape index (κ1) is 23.7. The maximum Gasteiger partial charge on any atom is 0.264 e. The van der Waals surface area contributed by atoms with Gasteiger partial charge in [-0.25, -0.2) is 4.98 Å². The number of thiophene rings is 1. The molecule has 37 heavy (non-hydrogen) atoms. The largest absolute Gasteiger partial charge is 0.494 e. The number of hydrogen-bond acceptors (Lipinski definition) is 8. The first-order chi connectivity index (χ1) is 17.8. The minimum absolute atomic E-state index is 0.000844. The molecular weight excluding hydrogens is 492 g/mol. The van der Waals surface area contributed by atoms with Crippen LogP contribution in [-0.4, -0.2) is 72.4 Å². The fraction of sp³-hybridized carbons (Fsp3) is 0.385. The Morgan fingerprint density at radius 3 is 2.73 bits per heavy atom. The van der Waals surface area contributed by atoms with Crippen LogP contribution in [-0.2, 0) is 4.74 Å². The van der Waals surface area contributed by atoms with Crippen LogP contribution >= 0.6 is 11.3 Å². The number of aromatic amines is 1. The lowest BCUT2D eigenvalue weighted by Crippen LogP contribution is -2.48. The van der Waals surface area contributed by atoms with E-state index in [0.717, 1.165) is 12.1 Å². The number of aromatic nitrogens is 4. The molecule has 1 aliphatic heterocycles. The molecule has 1 aliphatic carbocycles. The number of carbonyl (C=O) groups excluding carboxylic acids is 1. The molecule has 2 aliphatic rings. The summed E-state index contributed by atoms with van der Waals surface area (Å²) >= 11 is 1.40. The minimum atomic E-state index is -0.139. The van der Waals surface area contributed by atoms with E-state index in [-0.39, 0.29) is 29.9 Å². The first-order valence-electron chi connectivity index (χ1n) is 12.4. The van der Waals surface area contributed by atoms with E-state index < -0.39 is 0 Å². The van der Waals surface area contributed by atoms with E-state index in [1.54, 1.807) is 16.8 Å². The van der Waals surface area contributed by atoms with Crippen molar-refractivity contribution in [2.75, 3.05) is 19.6 Å². The smallest absolute Gasteiger partial charge is 0.264 e. The topological polar surface area (TPSA) is 128 Å². The molecule has 3 N–H and O–H groups in total. The van der Waals surface area contributed by atoms with Crippen LogP contribution in [0, 0.1) is 5.92 Å². The quantitative estimate of drug-likeness (QED) is 0.371. The fourth-order valence-electron chi connectivity index (χ4n) is 4.65. The molecule has 4 aromatic heterocycles. The number of carbonyl (C=O) groups is 1. The van der Waals surface area contributed by atoms with Crippen LogP contribution in [0.15, 0.2) is 34.8 Å². The number of aromatic hydroxyl groups is 2. The number of fused-ring (bicyclic) bond motifs is 1. The second kappa shape index (κ2) is 9.31. The lowest BCUT2D eigenvalue weighted by atomic mass is 10.2. The number of morpholine rings is 1. The second-order valence-corrected chi connectivity index (χ2v) is 10.8. The Bertz CT molecular complexity index is 1590. The Kier molecular flexibility index (Phi) is 5.96. The third kappa shape index (κ3) is 4.84. The Labute approximate surface area is 216 Å². The molecule has 1 amide bonds. The molecule has 1 saturated carbocycles. The van der Waals surface area contributed by atoms with E-state index in [0.29, 0.717) is 51.5 Å². The van der Waals surface area contributed by atoms with Crippen LogP contribution in [0.3, 0.4) is 0 Å². The molecule has 0 radical (unpaired) electrons. The van der Waals surface area contributed by atoms with Gasteiger partial charge >= 0.3 is 0 Å². The average molecular weight is 521 g/mol. The molecule has 2 fully saturated rings. The predicted molar refractivity (Wildman–Crippen MR) is 138 cm³/mol. The summed E-state index contributed by atoms with van der Waals surface area (Å²) in [6.07, 6.45) is 5.75. The van der Waals surface area contributed by atoms with Gasteiger partial charge in [-0.2, -0.15) is 9.61 Å². The van der Waals surface area contributed by atoms with Gasteiger partial charge in [-0.1, -0.05) is 0 Å². The molecule has 192 valence electrons. The molecule has 0 aromatic carbocycles. The van der Waals surface area contributed by atoms with Crippen molar-refractivity contribution in [1.82, 2.24) is 24.5 Å². The molecule has 2 unspecified atom stereocenters. The van der Waals surface area contributed by atoms with E-state index >= 15 is 0 Å². The summed E-state index contributed by atoms with van der Waals surface area (Å²) in [5.41, 5.74) is 3.21. The highest BCUT2D eigenvalue weighted by Gasteiger charge is 2.27. The number of H-pyrrole nitrogens is 1. The average Bonchev–Trinajstić information content (AvgIpc) is 3.24. The molecule has 2 atom stereocenters. The molecule has 5 heterocycles. The molecule has 10 nitrogen and oxygen atoms in total. The number of nitrogens with one attached hydrogen (secondary N) is 1. The van der Waals surface area contributed by atoms with Gasteiger partial charge in [0.1, 0.15) is 0 Å². The number of nitrogens with zero attached hydrogens (tertiary/aromatic N) is 5. The number of rotatable bonds is 5. The van der Waals surface area contributed by atoms with Crippen molar-refractivity contribution in [1.29, 1.82) is 0 Å². The van der Waals surface area contributed by atoms with Gasteiger partial charge in [0.05, 0.1) is 29.0 Å². The zero-order chi connectivity index (χ0) is 25.7. The molecule has 1 saturated heterocycles. The summed E-state index contributed by atoms with van der Waals surface area (Å²) in [4.78, 5) is 27.9. The fourth-order valence-corrected chi connectivity index (χ4v) is 5.52. The van der Waals surface area contributed by atoms with E-state index in [9.17, 15) is 15.0 Å². The summed E-state index contributed by atoms with van der Waals surface area (Å²) in [7, 11) is 0.